The maximum absolute atomic E-state index is 2.36. The molecule has 112 valence electrons. The number of allylic oxidation sites excluding steroid dienone is 3. The van der Waals surface area contributed by atoms with Crippen LogP contribution >= 0.6 is 33.3 Å². The third kappa shape index (κ3) is 7.35. The van der Waals surface area contributed by atoms with Gasteiger partial charge in [-0.15, -0.1) is 0 Å². The lowest BCUT2D eigenvalue weighted by atomic mass is 10.1. The predicted octanol–water partition coefficient (Wildman–Crippen LogP) is 6.40. The smallest absolute Gasteiger partial charge is 0.0291 e. The maximum Gasteiger partial charge on any atom is 0.0291 e. The second-order valence-corrected chi connectivity index (χ2v) is 8.29. The Hall–Kier alpha value is -0.510. The monoisotopic (exact) mass is 334 g/mol. The minimum atomic E-state index is 1.07. The molecule has 0 heterocycles. The second kappa shape index (κ2) is 10.3. The molecule has 0 nitrogen and oxygen atoms in total. The Kier molecular flexibility index (Phi) is 8.23. The van der Waals surface area contributed by atoms with Crippen LogP contribution < -0.4 is 0 Å². The van der Waals surface area contributed by atoms with Crippen molar-refractivity contribution < 1.29 is 0 Å². The molecule has 0 fully saturated rings. The Morgan fingerprint density at radius 3 is 2.71 bits per heavy atom. The number of aryl methyl sites for hydroxylation is 1. The minimum absolute atomic E-state index is 1.07. The van der Waals surface area contributed by atoms with Gasteiger partial charge in [-0.2, -0.15) is 11.8 Å². The molecule has 0 atom stereocenters. The van der Waals surface area contributed by atoms with Crippen LogP contribution in [-0.4, -0.2) is 11.5 Å². The summed E-state index contributed by atoms with van der Waals surface area (Å²) in [7, 11) is 3.73. The van der Waals surface area contributed by atoms with Gasteiger partial charge < -0.3 is 0 Å². The van der Waals surface area contributed by atoms with Crippen molar-refractivity contribution >= 4 is 33.3 Å². The van der Waals surface area contributed by atoms with Gasteiger partial charge in [-0.05, 0) is 36.3 Å². The van der Waals surface area contributed by atoms with E-state index in [1.807, 2.05) is 33.3 Å². The van der Waals surface area contributed by atoms with Crippen LogP contribution in [0.3, 0.4) is 0 Å². The van der Waals surface area contributed by atoms with E-state index in [4.69, 9.17) is 0 Å². The van der Waals surface area contributed by atoms with Crippen LogP contribution in [0.25, 0.3) is 0 Å². The van der Waals surface area contributed by atoms with Crippen molar-refractivity contribution in [2.45, 2.75) is 25.5 Å². The molecule has 2 rings (SSSR count). The molecule has 0 bridgehead atoms. The molecule has 0 spiro atoms. The molecular weight excluding hydrogens is 312 g/mol. The highest BCUT2D eigenvalue weighted by atomic mass is 33.1. The molecule has 0 radical (unpaired) electrons. The van der Waals surface area contributed by atoms with E-state index < -0.39 is 0 Å². The summed E-state index contributed by atoms with van der Waals surface area (Å²) < 4.78 is 0. The Bertz CT molecular complexity index is 498. The highest BCUT2D eigenvalue weighted by Crippen LogP contribution is 2.27. The quantitative estimate of drug-likeness (QED) is 0.399. The number of hydrogen-bond acceptors (Lipinski definition) is 3. The van der Waals surface area contributed by atoms with E-state index in [9.17, 15) is 0 Å². The third-order valence-electron chi connectivity index (χ3n) is 3.12. The average molecular weight is 335 g/mol. The van der Waals surface area contributed by atoms with Gasteiger partial charge in [-0.25, -0.2) is 0 Å². The normalized spacial score (nSPS) is 14.6. The zero-order chi connectivity index (χ0) is 14.8. The topological polar surface area (TPSA) is 0 Å². The van der Waals surface area contributed by atoms with Gasteiger partial charge in [0.1, 0.15) is 0 Å². The lowest BCUT2D eigenvalue weighted by Crippen LogP contribution is -1.88. The fourth-order valence-corrected chi connectivity index (χ4v) is 4.58. The van der Waals surface area contributed by atoms with Crippen LogP contribution in [0, 0.1) is 6.92 Å². The molecule has 0 saturated carbocycles. The van der Waals surface area contributed by atoms with Crippen LogP contribution in [0.2, 0.25) is 0 Å². The van der Waals surface area contributed by atoms with E-state index >= 15 is 0 Å². The van der Waals surface area contributed by atoms with Gasteiger partial charge >= 0.3 is 0 Å². The van der Waals surface area contributed by atoms with Gasteiger partial charge in [0.25, 0.3) is 0 Å². The van der Waals surface area contributed by atoms with Gasteiger partial charge in [0.05, 0.1) is 0 Å². The molecule has 0 saturated heterocycles. The summed E-state index contributed by atoms with van der Waals surface area (Å²) >= 11 is 1.99. The van der Waals surface area contributed by atoms with Gasteiger partial charge in [-0.3, -0.25) is 0 Å². The standard InChI is InChI=1S/C18H22S3/c1-16-8-10-18(11-9-16)15-21-20-13-5-12-19-14-17-6-3-2-4-7-17/h3,5-11,13H,2,4,12,14-15H2,1H3/b13-5+. The van der Waals surface area contributed by atoms with Crippen LogP contribution in [0.15, 0.2) is 59.6 Å². The number of hydrogen-bond donors (Lipinski definition) is 0. The van der Waals surface area contributed by atoms with Gasteiger partial charge in [0.15, 0.2) is 0 Å². The van der Waals surface area contributed by atoms with E-state index in [0.717, 1.165) is 17.3 Å². The molecule has 1 aliphatic carbocycles. The maximum atomic E-state index is 2.36. The summed E-state index contributed by atoms with van der Waals surface area (Å²) in [4.78, 5) is 0. The van der Waals surface area contributed by atoms with Crippen molar-refractivity contribution in [3.05, 3.63) is 70.7 Å². The number of benzene rings is 1. The van der Waals surface area contributed by atoms with Crippen molar-refractivity contribution in [1.29, 1.82) is 0 Å². The van der Waals surface area contributed by atoms with Crippen LogP contribution in [-0.2, 0) is 5.75 Å². The van der Waals surface area contributed by atoms with Crippen LogP contribution in [0.5, 0.6) is 0 Å². The first-order valence-corrected chi connectivity index (χ1v) is 10.8. The summed E-state index contributed by atoms with van der Waals surface area (Å²) in [5, 5.41) is 2.22. The molecule has 21 heavy (non-hydrogen) atoms. The number of thioether (sulfide) groups is 1. The Morgan fingerprint density at radius 2 is 1.95 bits per heavy atom. The average Bonchev–Trinajstić information content (AvgIpc) is 2.53. The van der Waals surface area contributed by atoms with Crippen molar-refractivity contribution in [2.75, 3.05) is 11.5 Å². The second-order valence-electron chi connectivity index (χ2n) is 4.99. The van der Waals surface area contributed by atoms with E-state index in [-0.39, 0.29) is 0 Å². The zero-order valence-electron chi connectivity index (χ0n) is 12.5. The zero-order valence-corrected chi connectivity index (χ0v) is 14.9. The highest BCUT2D eigenvalue weighted by Gasteiger charge is 1.96. The predicted molar refractivity (Wildman–Crippen MR) is 103 cm³/mol. The lowest BCUT2D eigenvalue weighted by molar-refractivity contribution is 1.02. The molecule has 0 aromatic heterocycles. The first-order chi connectivity index (χ1) is 10.3. The fraction of sp³-hybridized carbons (Fsp3) is 0.333. The Balaban J connectivity index is 1.51. The van der Waals surface area contributed by atoms with E-state index in [0.29, 0.717) is 0 Å². The molecule has 0 amide bonds. The van der Waals surface area contributed by atoms with E-state index in [1.54, 1.807) is 0 Å². The first kappa shape index (κ1) is 16.9. The molecule has 0 unspecified atom stereocenters. The number of rotatable bonds is 8. The summed E-state index contributed by atoms with van der Waals surface area (Å²) in [5.74, 6) is 3.31. The molecule has 0 N–H and O–H groups in total. The Morgan fingerprint density at radius 1 is 1.10 bits per heavy atom. The van der Waals surface area contributed by atoms with Crippen molar-refractivity contribution in [2.24, 2.45) is 0 Å². The molecular formula is C18H22S3. The molecule has 1 aromatic carbocycles. The molecule has 1 aliphatic rings. The largest absolute Gasteiger partial charge is 0.153 e. The summed E-state index contributed by atoms with van der Waals surface area (Å²) in [6.07, 6.45) is 11.6. The summed E-state index contributed by atoms with van der Waals surface area (Å²) in [6.45, 7) is 2.13. The van der Waals surface area contributed by atoms with Crippen LogP contribution in [0.1, 0.15) is 24.0 Å². The summed E-state index contributed by atoms with van der Waals surface area (Å²) in [5.41, 5.74) is 4.22. The van der Waals surface area contributed by atoms with Crippen molar-refractivity contribution in [1.82, 2.24) is 0 Å². The molecule has 1 aromatic rings. The van der Waals surface area contributed by atoms with Crippen LogP contribution in [0.4, 0.5) is 0 Å². The van der Waals surface area contributed by atoms with Crippen molar-refractivity contribution in [3.8, 4) is 0 Å². The summed E-state index contributed by atoms with van der Waals surface area (Å²) in [6, 6.07) is 8.80. The third-order valence-corrected chi connectivity index (χ3v) is 6.07. The molecule has 3 heteroatoms. The van der Waals surface area contributed by atoms with E-state index in [2.05, 4.69) is 60.9 Å². The lowest BCUT2D eigenvalue weighted by Gasteiger charge is -2.04. The van der Waals surface area contributed by atoms with Gasteiger partial charge in [-0.1, -0.05) is 75.7 Å². The SMILES string of the molecule is Cc1ccc(CSS/C=C/CSCC2=CCCC=C2)cc1. The fourth-order valence-electron chi connectivity index (χ4n) is 1.92. The van der Waals surface area contributed by atoms with Gasteiger partial charge in [0.2, 0.25) is 0 Å². The van der Waals surface area contributed by atoms with E-state index in [1.165, 1.54) is 29.5 Å². The minimum Gasteiger partial charge on any atom is -0.153 e. The first-order valence-electron chi connectivity index (χ1n) is 7.27. The van der Waals surface area contributed by atoms with Crippen molar-refractivity contribution in [3.63, 3.8) is 0 Å². The highest BCUT2D eigenvalue weighted by molar-refractivity contribution is 8.77. The molecule has 0 aliphatic heterocycles. The van der Waals surface area contributed by atoms with Gasteiger partial charge in [0, 0.05) is 17.3 Å². The Labute approximate surface area is 141 Å².